The number of amides is 2. The summed E-state index contributed by atoms with van der Waals surface area (Å²) >= 11 is 0. The van der Waals surface area contributed by atoms with Crippen LogP contribution in [0.5, 0.6) is 11.6 Å². The number of aromatic nitrogens is 1. The van der Waals surface area contributed by atoms with Crippen LogP contribution < -0.4 is 15.2 Å². The molecule has 0 unspecified atom stereocenters. The van der Waals surface area contributed by atoms with Crippen LogP contribution in [-0.2, 0) is 4.79 Å². The van der Waals surface area contributed by atoms with Crippen molar-refractivity contribution in [2.24, 2.45) is 11.1 Å². The van der Waals surface area contributed by atoms with Gasteiger partial charge in [0, 0.05) is 30.1 Å². The summed E-state index contributed by atoms with van der Waals surface area (Å²) in [6.07, 6.45) is 2.99. The second-order valence-electron chi connectivity index (χ2n) is 8.53. The lowest BCUT2D eigenvalue weighted by Gasteiger charge is -2.38. The van der Waals surface area contributed by atoms with Crippen LogP contribution in [0.2, 0.25) is 0 Å². The summed E-state index contributed by atoms with van der Waals surface area (Å²) in [4.78, 5) is 29.9. The molecule has 8 heteroatoms. The number of ether oxygens (including phenoxy) is 2. The molecule has 0 saturated carbocycles. The lowest BCUT2D eigenvalue weighted by Crippen LogP contribution is -2.44. The van der Waals surface area contributed by atoms with E-state index in [1.165, 1.54) is 0 Å². The summed E-state index contributed by atoms with van der Waals surface area (Å²) < 4.78 is 11.9. The highest BCUT2D eigenvalue weighted by molar-refractivity contribution is 6.01. The van der Waals surface area contributed by atoms with E-state index in [0.29, 0.717) is 36.9 Å². The van der Waals surface area contributed by atoms with Crippen LogP contribution in [0.25, 0.3) is 10.8 Å². The SMILES string of the molecule is CC(C)Oc1cc2c(OCC3(C)CCN(C(=O)CC#N)CC3)nccc2cc1C(N)=O. The average molecular weight is 425 g/mol. The van der Waals surface area contributed by atoms with Gasteiger partial charge in [-0.05, 0) is 50.3 Å². The van der Waals surface area contributed by atoms with Crippen LogP contribution in [0.4, 0.5) is 0 Å². The van der Waals surface area contributed by atoms with E-state index in [4.69, 9.17) is 20.5 Å². The zero-order valence-corrected chi connectivity index (χ0v) is 18.2. The monoisotopic (exact) mass is 424 g/mol. The number of carbonyl (C=O) groups excluding carboxylic acids is 2. The Balaban J connectivity index is 1.78. The number of hydrogen-bond donors (Lipinski definition) is 1. The molecule has 2 N–H and O–H groups in total. The predicted octanol–water partition coefficient (Wildman–Crippen LogP) is 3.04. The Hall–Kier alpha value is -3.34. The lowest BCUT2D eigenvalue weighted by atomic mass is 9.81. The summed E-state index contributed by atoms with van der Waals surface area (Å²) in [5.41, 5.74) is 5.74. The van der Waals surface area contributed by atoms with Crippen molar-refractivity contribution in [1.82, 2.24) is 9.88 Å². The minimum absolute atomic E-state index is 0.0821. The second-order valence-corrected chi connectivity index (χ2v) is 8.53. The van der Waals surface area contributed by atoms with E-state index >= 15 is 0 Å². The molecule has 0 spiro atoms. The zero-order chi connectivity index (χ0) is 22.6. The van der Waals surface area contributed by atoms with Crippen LogP contribution in [0.1, 0.15) is 50.4 Å². The summed E-state index contributed by atoms with van der Waals surface area (Å²) in [6, 6.07) is 7.17. The third kappa shape index (κ3) is 5.23. The van der Waals surface area contributed by atoms with Crippen LogP contribution in [0.3, 0.4) is 0 Å². The summed E-state index contributed by atoms with van der Waals surface area (Å²) in [5.74, 6) is 0.195. The van der Waals surface area contributed by atoms with Crippen LogP contribution in [0.15, 0.2) is 24.4 Å². The third-order valence-corrected chi connectivity index (χ3v) is 5.57. The Bertz CT molecular complexity index is 1020. The van der Waals surface area contributed by atoms with E-state index in [9.17, 15) is 9.59 Å². The average Bonchev–Trinajstić information content (AvgIpc) is 2.72. The molecule has 3 rings (SSSR count). The zero-order valence-electron chi connectivity index (χ0n) is 18.2. The van der Waals surface area contributed by atoms with Crippen molar-refractivity contribution in [2.75, 3.05) is 19.7 Å². The van der Waals surface area contributed by atoms with E-state index in [1.807, 2.05) is 19.9 Å². The first kappa shape index (κ1) is 22.3. The molecule has 0 aliphatic carbocycles. The maximum absolute atomic E-state index is 11.9. The van der Waals surface area contributed by atoms with Gasteiger partial charge in [-0.1, -0.05) is 6.92 Å². The van der Waals surface area contributed by atoms with Gasteiger partial charge in [0.15, 0.2) is 0 Å². The number of fused-ring (bicyclic) bond motifs is 1. The highest BCUT2D eigenvalue weighted by Gasteiger charge is 2.33. The summed E-state index contributed by atoms with van der Waals surface area (Å²) in [6.45, 7) is 7.55. The molecule has 1 aromatic carbocycles. The van der Waals surface area contributed by atoms with E-state index in [0.717, 1.165) is 23.6 Å². The first-order chi connectivity index (χ1) is 14.7. The largest absolute Gasteiger partial charge is 0.490 e. The number of piperidine rings is 1. The Labute approximate surface area is 181 Å². The molecule has 8 nitrogen and oxygen atoms in total. The number of carbonyl (C=O) groups is 2. The van der Waals surface area contributed by atoms with Gasteiger partial charge in [-0.15, -0.1) is 0 Å². The smallest absolute Gasteiger partial charge is 0.252 e. The first-order valence-electron chi connectivity index (χ1n) is 10.4. The number of nitrogens with zero attached hydrogens (tertiary/aromatic N) is 3. The Morgan fingerprint density at radius 1 is 1.32 bits per heavy atom. The van der Waals surface area contributed by atoms with E-state index < -0.39 is 5.91 Å². The van der Waals surface area contributed by atoms with Gasteiger partial charge in [0.05, 0.1) is 24.3 Å². The van der Waals surface area contributed by atoms with Crippen molar-refractivity contribution in [1.29, 1.82) is 5.26 Å². The predicted molar refractivity (Wildman–Crippen MR) is 116 cm³/mol. The molecule has 2 amide bonds. The van der Waals surface area contributed by atoms with Crippen molar-refractivity contribution in [3.8, 4) is 17.7 Å². The van der Waals surface area contributed by atoms with Crippen molar-refractivity contribution in [3.63, 3.8) is 0 Å². The van der Waals surface area contributed by atoms with Crippen molar-refractivity contribution in [3.05, 3.63) is 30.0 Å². The number of primary amides is 1. The molecule has 0 radical (unpaired) electrons. The molecule has 0 atom stereocenters. The van der Waals surface area contributed by atoms with Crippen molar-refractivity contribution >= 4 is 22.6 Å². The molecule has 1 aliphatic rings. The number of nitrogens with two attached hydrogens (primary N) is 1. The Kier molecular flexibility index (Phi) is 6.64. The molecule has 1 saturated heterocycles. The lowest BCUT2D eigenvalue weighted by molar-refractivity contribution is -0.132. The Morgan fingerprint density at radius 3 is 2.65 bits per heavy atom. The van der Waals surface area contributed by atoms with Gasteiger partial charge in [0.25, 0.3) is 5.91 Å². The third-order valence-electron chi connectivity index (χ3n) is 5.57. The molecular weight excluding hydrogens is 396 g/mol. The van der Waals surface area contributed by atoms with E-state index in [1.54, 1.807) is 29.3 Å². The maximum atomic E-state index is 11.9. The van der Waals surface area contributed by atoms with Gasteiger partial charge in [0.1, 0.15) is 12.2 Å². The van der Waals surface area contributed by atoms with Gasteiger partial charge >= 0.3 is 0 Å². The summed E-state index contributed by atoms with van der Waals surface area (Å²) in [5, 5.41) is 10.3. The van der Waals surface area contributed by atoms with Crippen molar-refractivity contribution < 1.29 is 19.1 Å². The number of rotatable bonds is 7. The first-order valence-corrected chi connectivity index (χ1v) is 10.4. The fourth-order valence-corrected chi connectivity index (χ4v) is 3.70. The van der Waals surface area contributed by atoms with Crippen LogP contribution in [0, 0.1) is 16.7 Å². The van der Waals surface area contributed by atoms with Crippen LogP contribution in [-0.4, -0.2) is 47.5 Å². The van der Waals surface area contributed by atoms with E-state index in [2.05, 4.69) is 11.9 Å². The molecule has 1 aromatic heterocycles. The normalized spacial score (nSPS) is 15.5. The second kappa shape index (κ2) is 9.21. The van der Waals surface area contributed by atoms with E-state index in [-0.39, 0.29) is 23.8 Å². The Morgan fingerprint density at radius 2 is 2.03 bits per heavy atom. The van der Waals surface area contributed by atoms with Crippen LogP contribution >= 0.6 is 0 Å². The molecule has 0 bridgehead atoms. The maximum Gasteiger partial charge on any atom is 0.252 e. The molecule has 2 heterocycles. The highest BCUT2D eigenvalue weighted by atomic mass is 16.5. The fraction of sp³-hybridized carbons (Fsp3) is 0.478. The molecule has 31 heavy (non-hydrogen) atoms. The number of likely N-dealkylation sites (tertiary alicyclic amines) is 1. The molecule has 1 fully saturated rings. The minimum Gasteiger partial charge on any atom is -0.490 e. The highest BCUT2D eigenvalue weighted by Crippen LogP contribution is 2.35. The minimum atomic E-state index is -0.554. The van der Waals surface area contributed by atoms with Gasteiger partial charge < -0.3 is 20.1 Å². The number of benzene rings is 1. The van der Waals surface area contributed by atoms with Gasteiger partial charge in [0.2, 0.25) is 11.8 Å². The van der Waals surface area contributed by atoms with Crippen molar-refractivity contribution in [2.45, 2.75) is 46.1 Å². The summed E-state index contributed by atoms with van der Waals surface area (Å²) in [7, 11) is 0. The molecule has 1 aliphatic heterocycles. The van der Waals surface area contributed by atoms with Gasteiger partial charge in [-0.2, -0.15) is 5.26 Å². The van der Waals surface area contributed by atoms with Gasteiger partial charge in [-0.25, -0.2) is 4.98 Å². The number of hydrogen-bond acceptors (Lipinski definition) is 6. The molecular formula is C23H28N4O4. The molecule has 2 aromatic rings. The standard InChI is InChI=1S/C23H28N4O4/c1-15(2)31-19-13-17-16(12-18(19)21(25)29)5-9-26-22(17)30-14-23(3)6-10-27(11-7-23)20(28)4-8-24/h5,9,12-13,15H,4,6-7,10-11,14H2,1-3H3,(H2,25,29). The quantitative estimate of drug-likeness (QED) is 0.730. The fourth-order valence-electron chi connectivity index (χ4n) is 3.70. The number of pyridine rings is 1. The molecule has 164 valence electrons. The number of nitriles is 1. The van der Waals surface area contributed by atoms with Gasteiger partial charge in [-0.3, -0.25) is 9.59 Å². The topological polar surface area (TPSA) is 119 Å².